The molecule has 0 aromatic heterocycles. The summed E-state index contributed by atoms with van der Waals surface area (Å²) in [5.41, 5.74) is 1.35. The SMILES string of the molecule is Cc1ccc(CO)cc1S(=O)(=O)N(C)CC1CCCCC1. The van der Waals surface area contributed by atoms with Gasteiger partial charge in [0.1, 0.15) is 0 Å². The Morgan fingerprint density at radius 2 is 1.90 bits per heavy atom. The Kier molecular flexibility index (Phi) is 5.41. The van der Waals surface area contributed by atoms with Crippen LogP contribution in [0.2, 0.25) is 0 Å². The highest BCUT2D eigenvalue weighted by molar-refractivity contribution is 7.89. The van der Waals surface area contributed by atoms with Crippen LogP contribution in [0.3, 0.4) is 0 Å². The fraction of sp³-hybridized carbons (Fsp3) is 0.625. The average molecular weight is 311 g/mol. The van der Waals surface area contributed by atoms with E-state index in [9.17, 15) is 13.5 Å². The van der Waals surface area contributed by atoms with Crippen molar-refractivity contribution in [1.82, 2.24) is 4.31 Å². The van der Waals surface area contributed by atoms with E-state index in [0.29, 0.717) is 22.9 Å². The van der Waals surface area contributed by atoms with Gasteiger partial charge in [-0.15, -0.1) is 0 Å². The minimum absolute atomic E-state index is 0.144. The van der Waals surface area contributed by atoms with Gasteiger partial charge in [0.2, 0.25) is 10.0 Å². The number of nitrogens with zero attached hydrogens (tertiary/aromatic N) is 1. The Morgan fingerprint density at radius 1 is 1.24 bits per heavy atom. The summed E-state index contributed by atoms with van der Waals surface area (Å²) < 4.78 is 27.0. The summed E-state index contributed by atoms with van der Waals surface area (Å²) in [6.45, 7) is 2.24. The lowest BCUT2D eigenvalue weighted by molar-refractivity contribution is 0.281. The highest BCUT2D eigenvalue weighted by Gasteiger charge is 2.26. The summed E-state index contributed by atoms with van der Waals surface area (Å²) in [7, 11) is -1.82. The molecule has 0 unspecified atom stereocenters. The van der Waals surface area contributed by atoms with Crippen LogP contribution in [0, 0.1) is 12.8 Å². The number of aliphatic hydroxyl groups is 1. The van der Waals surface area contributed by atoms with Crippen molar-refractivity contribution in [3.8, 4) is 0 Å². The molecular weight excluding hydrogens is 286 g/mol. The number of hydrogen-bond donors (Lipinski definition) is 1. The highest BCUT2D eigenvalue weighted by Crippen LogP contribution is 2.27. The zero-order valence-corrected chi connectivity index (χ0v) is 13.7. The topological polar surface area (TPSA) is 57.6 Å². The molecule has 1 N–H and O–H groups in total. The van der Waals surface area contributed by atoms with Crippen molar-refractivity contribution >= 4 is 10.0 Å². The lowest BCUT2D eigenvalue weighted by Crippen LogP contribution is -2.33. The van der Waals surface area contributed by atoms with Crippen LogP contribution in [0.5, 0.6) is 0 Å². The van der Waals surface area contributed by atoms with Crippen LogP contribution in [0.4, 0.5) is 0 Å². The molecule has 0 atom stereocenters. The van der Waals surface area contributed by atoms with E-state index in [1.54, 1.807) is 32.2 Å². The summed E-state index contributed by atoms with van der Waals surface area (Å²) in [4.78, 5) is 0.312. The summed E-state index contributed by atoms with van der Waals surface area (Å²) in [6.07, 6.45) is 5.92. The van der Waals surface area contributed by atoms with Crippen LogP contribution in [0.1, 0.15) is 43.2 Å². The fourth-order valence-corrected chi connectivity index (χ4v) is 4.54. The van der Waals surface area contributed by atoms with Gasteiger partial charge < -0.3 is 5.11 Å². The lowest BCUT2D eigenvalue weighted by Gasteiger charge is -2.27. The molecule has 1 saturated carbocycles. The van der Waals surface area contributed by atoms with Gasteiger partial charge in [-0.3, -0.25) is 0 Å². The van der Waals surface area contributed by atoms with E-state index in [1.807, 2.05) is 0 Å². The predicted octanol–water partition coefficient (Wildman–Crippen LogP) is 2.69. The van der Waals surface area contributed by atoms with E-state index >= 15 is 0 Å². The predicted molar refractivity (Wildman–Crippen MR) is 83.5 cm³/mol. The summed E-state index contributed by atoms with van der Waals surface area (Å²) in [5.74, 6) is 0.472. The molecule has 0 amide bonds. The Labute approximate surface area is 127 Å². The lowest BCUT2D eigenvalue weighted by atomic mass is 9.89. The minimum atomic E-state index is -3.48. The number of benzene rings is 1. The molecular formula is C16H25NO3S. The van der Waals surface area contributed by atoms with Gasteiger partial charge in [-0.25, -0.2) is 12.7 Å². The van der Waals surface area contributed by atoms with Crippen molar-refractivity contribution in [3.63, 3.8) is 0 Å². The molecule has 0 saturated heterocycles. The van der Waals surface area contributed by atoms with E-state index in [1.165, 1.54) is 23.6 Å². The van der Waals surface area contributed by atoms with E-state index in [4.69, 9.17) is 0 Å². The van der Waals surface area contributed by atoms with Crippen LogP contribution in [-0.2, 0) is 16.6 Å². The second kappa shape index (κ2) is 6.90. The first kappa shape index (κ1) is 16.5. The fourth-order valence-electron chi connectivity index (χ4n) is 3.02. The number of aliphatic hydroxyl groups excluding tert-OH is 1. The third kappa shape index (κ3) is 3.84. The molecule has 0 spiro atoms. The first-order valence-corrected chi connectivity index (χ1v) is 9.06. The van der Waals surface area contributed by atoms with Gasteiger partial charge in [0.15, 0.2) is 0 Å². The number of rotatable bonds is 5. The Bertz CT molecular complexity index is 577. The number of sulfonamides is 1. The maximum absolute atomic E-state index is 12.7. The van der Waals surface area contributed by atoms with E-state index in [-0.39, 0.29) is 6.61 Å². The third-order valence-electron chi connectivity index (χ3n) is 4.36. The maximum Gasteiger partial charge on any atom is 0.243 e. The van der Waals surface area contributed by atoms with Gasteiger partial charge >= 0.3 is 0 Å². The first-order chi connectivity index (χ1) is 9.95. The molecule has 5 heteroatoms. The van der Waals surface area contributed by atoms with Crippen molar-refractivity contribution in [2.45, 2.75) is 50.5 Å². The van der Waals surface area contributed by atoms with Crippen molar-refractivity contribution in [3.05, 3.63) is 29.3 Å². The van der Waals surface area contributed by atoms with Gasteiger partial charge in [-0.1, -0.05) is 31.4 Å². The molecule has 21 heavy (non-hydrogen) atoms. The van der Waals surface area contributed by atoms with Crippen LogP contribution in [0.15, 0.2) is 23.1 Å². The number of hydrogen-bond acceptors (Lipinski definition) is 3. The zero-order chi connectivity index (χ0) is 15.5. The summed E-state index contributed by atoms with van der Waals surface area (Å²) in [5, 5.41) is 9.21. The second-order valence-corrected chi connectivity index (χ2v) is 8.06. The van der Waals surface area contributed by atoms with Gasteiger partial charge in [-0.2, -0.15) is 0 Å². The second-order valence-electron chi connectivity index (χ2n) is 6.05. The average Bonchev–Trinajstić information content (AvgIpc) is 2.48. The molecule has 1 fully saturated rings. The Morgan fingerprint density at radius 3 is 2.52 bits per heavy atom. The quantitative estimate of drug-likeness (QED) is 0.909. The largest absolute Gasteiger partial charge is 0.392 e. The molecule has 1 aromatic rings. The monoisotopic (exact) mass is 311 g/mol. The highest BCUT2D eigenvalue weighted by atomic mass is 32.2. The van der Waals surface area contributed by atoms with Crippen molar-refractivity contribution in [2.75, 3.05) is 13.6 Å². The van der Waals surface area contributed by atoms with Crippen molar-refractivity contribution in [2.24, 2.45) is 5.92 Å². The molecule has 0 bridgehead atoms. The normalized spacial score (nSPS) is 17.3. The summed E-state index contributed by atoms with van der Waals surface area (Å²) >= 11 is 0. The smallest absolute Gasteiger partial charge is 0.243 e. The molecule has 1 aromatic carbocycles. The number of aryl methyl sites for hydroxylation is 1. The van der Waals surface area contributed by atoms with E-state index < -0.39 is 10.0 Å². The van der Waals surface area contributed by atoms with Gasteiger partial charge in [0.25, 0.3) is 0 Å². The molecule has 1 aliphatic rings. The molecule has 1 aliphatic carbocycles. The molecule has 2 rings (SSSR count). The van der Waals surface area contributed by atoms with Crippen molar-refractivity contribution in [1.29, 1.82) is 0 Å². The summed E-state index contributed by atoms with van der Waals surface area (Å²) in [6, 6.07) is 5.10. The standard InChI is InChI=1S/C16H25NO3S/c1-13-8-9-15(12-18)10-16(13)21(19,20)17(2)11-14-6-4-3-5-7-14/h8-10,14,18H,3-7,11-12H2,1-2H3. The van der Waals surface area contributed by atoms with E-state index in [2.05, 4.69) is 0 Å². The van der Waals surface area contributed by atoms with Gasteiger partial charge in [-0.05, 0) is 42.9 Å². The molecule has 0 aliphatic heterocycles. The maximum atomic E-state index is 12.7. The molecule has 118 valence electrons. The van der Waals surface area contributed by atoms with Crippen molar-refractivity contribution < 1.29 is 13.5 Å². The third-order valence-corrected chi connectivity index (χ3v) is 6.33. The molecule has 0 heterocycles. The Hall–Kier alpha value is -0.910. The molecule has 4 nitrogen and oxygen atoms in total. The van der Waals surface area contributed by atoms with E-state index in [0.717, 1.165) is 18.4 Å². The van der Waals surface area contributed by atoms with Gasteiger partial charge in [0, 0.05) is 13.6 Å². The zero-order valence-electron chi connectivity index (χ0n) is 12.9. The Balaban J connectivity index is 2.20. The van der Waals surface area contributed by atoms with Crippen LogP contribution < -0.4 is 0 Å². The van der Waals surface area contributed by atoms with Gasteiger partial charge in [0.05, 0.1) is 11.5 Å². The minimum Gasteiger partial charge on any atom is -0.392 e. The van der Waals surface area contributed by atoms with Crippen LogP contribution >= 0.6 is 0 Å². The van der Waals surface area contributed by atoms with Crippen LogP contribution in [0.25, 0.3) is 0 Å². The van der Waals surface area contributed by atoms with Crippen LogP contribution in [-0.4, -0.2) is 31.4 Å². The molecule has 0 radical (unpaired) electrons. The first-order valence-electron chi connectivity index (χ1n) is 7.62.